The van der Waals surface area contributed by atoms with Crippen LogP contribution in [-0.4, -0.2) is 26.9 Å². The zero-order valence-electron chi connectivity index (χ0n) is 11.1. The lowest BCUT2D eigenvalue weighted by atomic mass is 10.1. The van der Waals surface area contributed by atoms with Crippen molar-refractivity contribution in [3.63, 3.8) is 0 Å². The number of rotatable bonds is 3. The second kappa shape index (κ2) is 5.46. The van der Waals surface area contributed by atoms with Crippen molar-refractivity contribution >= 4 is 11.6 Å². The van der Waals surface area contributed by atoms with Crippen molar-refractivity contribution in [1.82, 2.24) is 9.78 Å². The number of hydrogen-bond acceptors (Lipinski definition) is 3. The predicted molar refractivity (Wildman–Crippen MR) is 75.5 cm³/mol. The first-order valence-corrected chi connectivity index (χ1v) is 6.83. The number of benzene rings is 1. The van der Waals surface area contributed by atoms with E-state index in [2.05, 4.69) is 10.4 Å². The number of aliphatic hydroxyl groups is 1. The molecule has 0 spiro atoms. The van der Waals surface area contributed by atoms with Crippen LogP contribution in [0.2, 0.25) is 0 Å². The summed E-state index contributed by atoms with van der Waals surface area (Å²) >= 11 is 0. The van der Waals surface area contributed by atoms with Crippen LogP contribution in [0.5, 0.6) is 0 Å². The summed E-state index contributed by atoms with van der Waals surface area (Å²) in [5, 5.41) is 16.7. The molecule has 104 valence electrons. The predicted octanol–water partition coefficient (Wildman–Crippen LogP) is 1.97. The normalized spacial score (nSPS) is 21.9. The highest BCUT2D eigenvalue weighted by molar-refractivity contribution is 5.93. The molecule has 3 rings (SSSR count). The maximum absolute atomic E-state index is 12.1. The molecule has 1 saturated carbocycles. The number of amides is 1. The maximum Gasteiger partial charge on any atom is 0.230 e. The van der Waals surface area contributed by atoms with Crippen LogP contribution in [0.3, 0.4) is 0 Å². The summed E-state index contributed by atoms with van der Waals surface area (Å²) in [5.74, 6) is -0.373. The molecule has 1 aliphatic carbocycles. The van der Waals surface area contributed by atoms with Crippen LogP contribution in [-0.2, 0) is 4.79 Å². The van der Waals surface area contributed by atoms with Crippen molar-refractivity contribution in [2.75, 3.05) is 5.32 Å². The third-order valence-electron chi connectivity index (χ3n) is 3.72. The van der Waals surface area contributed by atoms with E-state index in [0.29, 0.717) is 0 Å². The van der Waals surface area contributed by atoms with Crippen LogP contribution in [0.1, 0.15) is 19.3 Å². The van der Waals surface area contributed by atoms with E-state index in [1.807, 2.05) is 36.5 Å². The van der Waals surface area contributed by atoms with Crippen LogP contribution >= 0.6 is 0 Å². The van der Waals surface area contributed by atoms with Gasteiger partial charge in [-0.3, -0.25) is 4.79 Å². The third-order valence-corrected chi connectivity index (χ3v) is 3.72. The Morgan fingerprint density at radius 3 is 2.70 bits per heavy atom. The smallest absolute Gasteiger partial charge is 0.230 e. The Labute approximate surface area is 117 Å². The fourth-order valence-corrected chi connectivity index (χ4v) is 2.60. The number of nitrogens with one attached hydrogen (secondary N) is 1. The molecule has 1 aromatic carbocycles. The molecule has 1 fully saturated rings. The first kappa shape index (κ1) is 12.9. The van der Waals surface area contributed by atoms with E-state index in [-0.39, 0.29) is 11.8 Å². The van der Waals surface area contributed by atoms with Gasteiger partial charge in [0.2, 0.25) is 5.91 Å². The van der Waals surface area contributed by atoms with Crippen molar-refractivity contribution in [1.29, 1.82) is 0 Å². The summed E-state index contributed by atoms with van der Waals surface area (Å²) in [6.45, 7) is 0. The van der Waals surface area contributed by atoms with Gasteiger partial charge in [0.1, 0.15) is 0 Å². The highest BCUT2D eigenvalue weighted by Crippen LogP contribution is 2.26. The standard InChI is InChI=1S/C15H17N3O2/c19-14-4-1-3-13(14)15(20)17-11-5-7-12(8-6-11)18-10-2-9-16-18/h2,5-10,13-14,19H,1,3-4H2,(H,17,20). The van der Waals surface area contributed by atoms with E-state index < -0.39 is 6.10 Å². The summed E-state index contributed by atoms with van der Waals surface area (Å²) in [6, 6.07) is 9.34. The first-order valence-electron chi connectivity index (χ1n) is 6.83. The molecule has 5 heteroatoms. The van der Waals surface area contributed by atoms with E-state index in [1.54, 1.807) is 10.9 Å². The van der Waals surface area contributed by atoms with Gasteiger partial charge in [0, 0.05) is 18.1 Å². The molecule has 2 unspecified atom stereocenters. The number of carbonyl (C=O) groups is 1. The molecule has 5 nitrogen and oxygen atoms in total. The number of aliphatic hydroxyl groups excluding tert-OH is 1. The summed E-state index contributed by atoms with van der Waals surface area (Å²) in [6.07, 6.45) is 5.48. The third kappa shape index (κ3) is 2.58. The summed E-state index contributed by atoms with van der Waals surface area (Å²) < 4.78 is 1.76. The molecule has 2 atom stereocenters. The summed E-state index contributed by atoms with van der Waals surface area (Å²) in [7, 11) is 0. The monoisotopic (exact) mass is 271 g/mol. The van der Waals surface area contributed by atoms with Crippen LogP contribution in [0.25, 0.3) is 5.69 Å². The van der Waals surface area contributed by atoms with Gasteiger partial charge in [0.15, 0.2) is 0 Å². The Morgan fingerprint density at radius 1 is 1.30 bits per heavy atom. The van der Waals surface area contributed by atoms with Gasteiger partial charge < -0.3 is 10.4 Å². The van der Waals surface area contributed by atoms with Crippen LogP contribution in [0.4, 0.5) is 5.69 Å². The zero-order chi connectivity index (χ0) is 13.9. The largest absolute Gasteiger partial charge is 0.392 e. The molecular weight excluding hydrogens is 254 g/mol. The lowest BCUT2D eigenvalue weighted by Crippen LogP contribution is -2.28. The van der Waals surface area contributed by atoms with Gasteiger partial charge in [-0.1, -0.05) is 0 Å². The van der Waals surface area contributed by atoms with Gasteiger partial charge in [-0.05, 0) is 49.6 Å². The quantitative estimate of drug-likeness (QED) is 0.897. The van der Waals surface area contributed by atoms with Gasteiger partial charge in [0.05, 0.1) is 17.7 Å². The Kier molecular flexibility index (Phi) is 3.52. The number of aromatic nitrogens is 2. The van der Waals surface area contributed by atoms with Gasteiger partial charge in [-0.2, -0.15) is 5.10 Å². The molecule has 1 aliphatic rings. The summed E-state index contributed by atoms with van der Waals surface area (Å²) in [4.78, 5) is 12.1. The summed E-state index contributed by atoms with van der Waals surface area (Å²) in [5.41, 5.74) is 1.68. The highest BCUT2D eigenvalue weighted by atomic mass is 16.3. The molecule has 0 saturated heterocycles. The average molecular weight is 271 g/mol. The van der Waals surface area contributed by atoms with E-state index in [9.17, 15) is 9.90 Å². The molecule has 1 amide bonds. The SMILES string of the molecule is O=C(Nc1ccc(-n2cccn2)cc1)C1CCCC1O. The fourth-order valence-electron chi connectivity index (χ4n) is 2.60. The van der Waals surface area contributed by atoms with E-state index >= 15 is 0 Å². The van der Waals surface area contributed by atoms with E-state index in [4.69, 9.17) is 0 Å². The molecule has 1 aromatic heterocycles. The number of carbonyl (C=O) groups excluding carboxylic acids is 1. The molecule has 20 heavy (non-hydrogen) atoms. The maximum atomic E-state index is 12.1. The Bertz CT molecular complexity index is 578. The topological polar surface area (TPSA) is 67.2 Å². The average Bonchev–Trinajstić information content (AvgIpc) is 3.10. The van der Waals surface area contributed by atoms with Crippen LogP contribution in [0.15, 0.2) is 42.7 Å². The highest BCUT2D eigenvalue weighted by Gasteiger charge is 2.31. The Morgan fingerprint density at radius 2 is 2.10 bits per heavy atom. The van der Waals surface area contributed by atoms with Crippen molar-refractivity contribution < 1.29 is 9.90 Å². The lowest BCUT2D eigenvalue weighted by Gasteiger charge is -2.14. The minimum atomic E-state index is -0.502. The van der Waals surface area contributed by atoms with Gasteiger partial charge in [0.25, 0.3) is 0 Å². The minimum Gasteiger partial charge on any atom is -0.392 e. The molecular formula is C15H17N3O2. The Balaban J connectivity index is 1.68. The van der Waals surface area contributed by atoms with Crippen LogP contribution < -0.4 is 5.32 Å². The molecule has 0 radical (unpaired) electrons. The molecule has 0 aliphatic heterocycles. The van der Waals surface area contributed by atoms with Gasteiger partial charge >= 0.3 is 0 Å². The lowest BCUT2D eigenvalue weighted by molar-refractivity contribution is -0.122. The molecule has 2 aromatic rings. The minimum absolute atomic E-state index is 0.0955. The number of anilines is 1. The van der Waals surface area contributed by atoms with Crippen molar-refractivity contribution in [3.8, 4) is 5.69 Å². The number of nitrogens with zero attached hydrogens (tertiary/aromatic N) is 2. The molecule has 0 bridgehead atoms. The molecule has 2 N–H and O–H groups in total. The Hall–Kier alpha value is -2.14. The van der Waals surface area contributed by atoms with E-state index in [0.717, 1.165) is 30.6 Å². The van der Waals surface area contributed by atoms with Crippen LogP contribution in [0, 0.1) is 5.92 Å². The second-order valence-electron chi connectivity index (χ2n) is 5.09. The van der Waals surface area contributed by atoms with Crippen molar-refractivity contribution in [2.45, 2.75) is 25.4 Å². The van der Waals surface area contributed by atoms with Crippen molar-refractivity contribution in [2.24, 2.45) is 5.92 Å². The fraction of sp³-hybridized carbons (Fsp3) is 0.333. The van der Waals surface area contributed by atoms with Gasteiger partial charge in [-0.15, -0.1) is 0 Å². The molecule has 1 heterocycles. The zero-order valence-corrected chi connectivity index (χ0v) is 11.1. The van der Waals surface area contributed by atoms with Gasteiger partial charge in [-0.25, -0.2) is 4.68 Å². The first-order chi connectivity index (χ1) is 9.74. The second-order valence-corrected chi connectivity index (χ2v) is 5.09. The van der Waals surface area contributed by atoms with Crippen molar-refractivity contribution in [3.05, 3.63) is 42.7 Å². The van der Waals surface area contributed by atoms with E-state index in [1.165, 1.54) is 0 Å². The number of hydrogen-bond donors (Lipinski definition) is 2.